The molecule has 1 saturated heterocycles. The van der Waals surface area contributed by atoms with Crippen LogP contribution in [0.2, 0.25) is 0 Å². The average molecular weight is 333 g/mol. The van der Waals surface area contributed by atoms with Gasteiger partial charge in [-0.25, -0.2) is 0 Å². The van der Waals surface area contributed by atoms with Gasteiger partial charge in [0, 0.05) is 38.4 Å². The van der Waals surface area contributed by atoms with Gasteiger partial charge in [0.1, 0.15) is 0 Å². The van der Waals surface area contributed by atoms with Gasteiger partial charge >= 0.3 is 6.18 Å². The van der Waals surface area contributed by atoms with Crippen LogP contribution < -0.4 is 5.73 Å². The van der Waals surface area contributed by atoms with Crippen LogP contribution >= 0.6 is 0 Å². The highest BCUT2D eigenvalue weighted by atomic mass is 19.4. The maximum Gasteiger partial charge on any atom is 0.416 e. The van der Waals surface area contributed by atoms with Gasteiger partial charge in [0.15, 0.2) is 0 Å². The first-order chi connectivity index (χ1) is 10.9. The number of hydrogen-bond donors (Lipinski definition) is 1. The Morgan fingerprint density at radius 1 is 1.00 bits per heavy atom. The van der Waals surface area contributed by atoms with Gasteiger partial charge in [0.05, 0.1) is 5.56 Å². The van der Waals surface area contributed by atoms with Crippen molar-refractivity contribution < 1.29 is 13.2 Å². The number of nitrogen functional groups attached to an aromatic ring is 1. The SMILES string of the molecule is CC.CC.CN1CCN(Cc2ccc(N)cc2C(F)(F)F)CC1. The van der Waals surface area contributed by atoms with E-state index in [1.165, 1.54) is 12.1 Å². The molecule has 0 aromatic heterocycles. The highest BCUT2D eigenvalue weighted by Gasteiger charge is 2.33. The van der Waals surface area contributed by atoms with E-state index in [0.29, 0.717) is 12.1 Å². The molecule has 1 aromatic carbocycles. The lowest BCUT2D eigenvalue weighted by Gasteiger charge is -2.32. The molecule has 0 saturated carbocycles. The lowest BCUT2D eigenvalue weighted by molar-refractivity contribution is -0.138. The summed E-state index contributed by atoms with van der Waals surface area (Å²) >= 11 is 0. The maximum atomic E-state index is 13.0. The Kier molecular flexibility index (Phi) is 9.91. The molecular formula is C17H30F3N3. The summed E-state index contributed by atoms with van der Waals surface area (Å²) < 4.78 is 38.9. The van der Waals surface area contributed by atoms with Crippen LogP contribution in [-0.4, -0.2) is 43.0 Å². The van der Waals surface area contributed by atoms with Crippen molar-refractivity contribution in [1.82, 2.24) is 9.80 Å². The number of hydrogen-bond acceptors (Lipinski definition) is 3. The Bertz CT molecular complexity index is 439. The van der Waals surface area contributed by atoms with Crippen molar-refractivity contribution in [3.05, 3.63) is 29.3 Å². The Hall–Kier alpha value is -1.27. The van der Waals surface area contributed by atoms with Crippen LogP contribution in [0.25, 0.3) is 0 Å². The number of alkyl halides is 3. The molecule has 2 rings (SSSR count). The predicted octanol–water partition coefficient (Wildman–Crippen LogP) is 4.09. The minimum absolute atomic E-state index is 0.148. The van der Waals surface area contributed by atoms with E-state index < -0.39 is 11.7 Å². The van der Waals surface area contributed by atoms with E-state index in [9.17, 15) is 13.2 Å². The van der Waals surface area contributed by atoms with Crippen molar-refractivity contribution in [2.75, 3.05) is 39.0 Å². The minimum atomic E-state index is -4.35. The van der Waals surface area contributed by atoms with Crippen molar-refractivity contribution in [2.45, 2.75) is 40.4 Å². The first-order valence-corrected chi connectivity index (χ1v) is 8.23. The van der Waals surface area contributed by atoms with Crippen molar-refractivity contribution in [2.24, 2.45) is 0 Å². The molecule has 23 heavy (non-hydrogen) atoms. The Morgan fingerprint density at radius 3 is 2.00 bits per heavy atom. The number of rotatable bonds is 2. The molecule has 6 heteroatoms. The minimum Gasteiger partial charge on any atom is -0.399 e. The summed E-state index contributed by atoms with van der Waals surface area (Å²) in [6.45, 7) is 11.7. The molecule has 0 radical (unpaired) electrons. The van der Waals surface area contributed by atoms with Crippen molar-refractivity contribution in [1.29, 1.82) is 0 Å². The van der Waals surface area contributed by atoms with Gasteiger partial charge in [-0.05, 0) is 24.7 Å². The molecule has 1 aliphatic rings. The molecular weight excluding hydrogens is 303 g/mol. The van der Waals surface area contributed by atoms with Crippen LogP contribution in [0.5, 0.6) is 0 Å². The van der Waals surface area contributed by atoms with Gasteiger partial charge in [0.25, 0.3) is 0 Å². The number of benzene rings is 1. The third kappa shape index (κ3) is 7.22. The fourth-order valence-corrected chi connectivity index (χ4v) is 2.24. The van der Waals surface area contributed by atoms with Gasteiger partial charge in [-0.1, -0.05) is 33.8 Å². The number of nitrogens with zero attached hydrogens (tertiary/aromatic N) is 2. The lowest BCUT2D eigenvalue weighted by Crippen LogP contribution is -2.44. The van der Waals surface area contributed by atoms with E-state index in [4.69, 9.17) is 5.73 Å². The summed E-state index contributed by atoms with van der Waals surface area (Å²) in [4.78, 5) is 4.21. The molecule has 1 heterocycles. The van der Waals surface area contributed by atoms with Gasteiger partial charge in [0.2, 0.25) is 0 Å². The molecule has 0 atom stereocenters. The topological polar surface area (TPSA) is 32.5 Å². The molecule has 2 N–H and O–H groups in total. The second-order valence-electron chi connectivity index (χ2n) is 4.99. The third-order valence-corrected chi connectivity index (χ3v) is 3.43. The summed E-state index contributed by atoms with van der Waals surface area (Å²) in [5, 5.41) is 0. The van der Waals surface area contributed by atoms with Gasteiger partial charge in [-0.2, -0.15) is 13.2 Å². The summed E-state index contributed by atoms with van der Waals surface area (Å²) in [7, 11) is 2.02. The third-order valence-electron chi connectivity index (χ3n) is 3.43. The molecule has 0 spiro atoms. The van der Waals surface area contributed by atoms with E-state index in [-0.39, 0.29) is 5.69 Å². The highest BCUT2D eigenvalue weighted by Crippen LogP contribution is 2.33. The fourth-order valence-electron chi connectivity index (χ4n) is 2.24. The second kappa shape index (κ2) is 10.5. The summed E-state index contributed by atoms with van der Waals surface area (Å²) in [6, 6.07) is 4.03. The number of anilines is 1. The summed E-state index contributed by atoms with van der Waals surface area (Å²) in [5.41, 5.74) is 5.28. The molecule has 0 unspecified atom stereocenters. The van der Waals surface area contributed by atoms with Crippen molar-refractivity contribution in [3.8, 4) is 0 Å². The zero-order valence-corrected chi connectivity index (χ0v) is 14.9. The molecule has 0 aliphatic carbocycles. The molecule has 134 valence electrons. The van der Waals surface area contributed by atoms with E-state index in [2.05, 4.69) is 4.90 Å². The number of nitrogens with two attached hydrogens (primary N) is 1. The van der Waals surface area contributed by atoms with Crippen molar-refractivity contribution >= 4 is 5.69 Å². The number of likely N-dealkylation sites (N-methyl/N-ethyl adjacent to an activating group) is 1. The molecule has 0 bridgehead atoms. The first kappa shape index (κ1) is 21.7. The van der Waals surface area contributed by atoms with Crippen LogP contribution in [0.15, 0.2) is 18.2 Å². The normalized spacial score (nSPS) is 16.0. The van der Waals surface area contributed by atoms with E-state index in [1.807, 2.05) is 39.6 Å². The van der Waals surface area contributed by atoms with Crippen LogP contribution in [0.1, 0.15) is 38.8 Å². The van der Waals surface area contributed by atoms with Crippen molar-refractivity contribution in [3.63, 3.8) is 0 Å². The number of halogens is 3. The first-order valence-electron chi connectivity index (χ1n) is 8.23. The lowest BCUT2D eigenvalue weighted by atomic mass is 10.1. The zero-order chi connectivity index (χ0) is 18.0. The second-order valence-corrected chi connectivity index (χ2v) is 4.99. The van der Waals surface area contributed by atoms with Gasteiger partial charge < -0.3 is 10.6 Å². The highest BCUT2D eigenvalue weighted by molar-refractivity contribution is 5.46. The van der Waals surface area contributed by atoms with Crippen LogP contribution in [0.4, 0.5) is 18.9 Å². The smallest absolute Gasteiger partial charge is 0.399 e. The monoisotopic (exact) mass is 333 g/mol. The molecule has 0 amide bonds. The molecule has 1 aromatic rings. The summed E-state index contributed by atoms with van der Waals surface area (Å²) in [6.07, 6.45) is -4.35. The van der Waals surface area contributed by atoms with Crippen LogP contribution in [0, 0.1) is 0 Å². The molecule has 1 aliphatic heterocycles. The van der Waals surface area contributed by atoms with E-state index in [1.54, 1.807) is 0 Å². The molecule has 1 fully saturated rings. The molecule has 3 nitrogen and oxygen atoms in total. The Labute approximate surface area is 138 Å². The van der Waals surface area contributed by atoms with E-state index in [0.717, 1.165) is 32.2 Å². The van der Waals surface area contributed by atoms with E-state index >= 15 is 0 Å². The Balaban J connectivity index is 0.00000112. The average Bonchev–Trinajstić information content (AvgIpc) is 2.54. The zero-order valence-electron chi connectivity index (χ0n) is 14.9. The van der Waals surface area contributed by atoms with Crippen LogP contribution in [-0.2, 0) is 12.7 Å². The predicted molar refractivity (Wildman–Crippen MR) is 91.3 cm³/mol. The quantitative estimate of drug-likeness (QED) is 0.828. The number of piperazine rings is 1. The standard InChI is InChI=1S/C13H18F3N3.2C2H6/c1-18-4-6-19(7-5-18)9-10-2-3-11(17)8-12(10)13(14,15)16;2*1-2/h2-3,8H,4-7,9,17H2,1H3;2*1-2H3. The van der Waals surface area contributed by atoms with Gasteiger partial charge in [-0.15, -0.1) is 0 Å². The summed E-state index contributed by atoms with van der Waals surface area (Å²) in [5.74, 6) is 0. The van der Waals surface area contributed by atoms with Gasteiger partial charge in [-0.3, -0.25) is 4.90 Å². The maximum absolute atomic E-state index is 13.0. The largest absolute Gasteiger partial charge is 0.416 e. The fraction of sp³-hybridized carbons (Fsp3) is 0.647. The van der Waals surface area contributed by atoms with Crippen LogP contribution in [0.3, 0.4) is 0 Å². The Morgan fingerprint density at radius 2 is 1.52 bits per heavy atom.